The van der Waals surface area contributed by atoms with Crippen molar-refractivity contribution in [1.82, 2.24) is 19.5 Å². The number of hydrogen-bond acceptors (Lipinski definition) is 3. The summed E-state index contributed by atoms with van der Waals surface area (Å²) in [6, 6.07) is 3.68. The lowest BCUT2D eigenvalue weighted by molar-refractivity contribution is 0.546. The summed E-state index contributed by atoms with van der Waals surface area (Å²) in [4.78, 5) is 11.7. The summed E-state index contributed by atoms with van der Waals surface area (Å²) in [5.41, 5.74) is 0.558. The number of benzene rings is 1. The van der Waals surface area contributed by atoms with Crippen molar-refractivity contribution in [2.45, 2.75) is 6.54 Å². The molecule has 102 valence electrons. The van der Waals surface area contributed by atoms with Gasteiger partial charge in [-0.2, -0.15) is 4.98 Å². The van der Waals surface area contributed by atoms with E-state index in [9.17, 15) is 8.78 Å². The van der Waals surface area contributed by atoms with Crippen molar-refractivity contribution in [1.29, 1.82) is 0 Å². The monoisotopic (exact) mass is 314 g/mol. The number of aromatic nitrogens is 4. The van der Waals surface area contributed by atoms with Crippen molar-refractivity contribution in [3.8, 4) is 0 Å². The molecule has 1 aromatic carbocycles. The Balaban J connectivity index is 2.12. The Morgan fingerprint density at radius 3 is 2.50 bits per heavy atom. The minimum absolute atomic E-state index is 0.0572. The molecule has 20 heavy (non-hydrogen) atoms. The van der Waals surface area contributed by atoms with Crippen LogP contribution in [-0.2, 0) is 6.54 Å². The molecule has 0 aliphatic rings. The van der Waals surface area contributed by atoms with Crippen LogP contribution in [0.15, 0.2) is 24.5 Å². The third-order valence-electron chi connectivity index (χ3n) is 2.78. The molecule has 0 spiro atoms. The summed E-state index contributed by atoms with van der Waals surface area (Å²) in [5, 5.41) is 0.0333. The number of halogens is 4. The van der Waals surface area contributed by atoms with Gasteiger partial charge in [0.2, 0.25) is 5.28 Å². The topological polar surface area (TPSA) is 43.6 Å². The lowest BCUT2D eigenvalue weighted by Crippen LogP contribution is -2.04. The number of hydrogen-bond donors (Lipinski definition) is 0. The number of fused-ring (bicyclic) bond motifs is 1. The van der Waals surface area contributed by atoms with Crippen LogP contribution >= 0.6 is 23.2 Å². The van der Waals surface area contributed by atoms with E-state index in [1.807, 2.05) is 0 Å². The zero-order chi connectivity index (χ0) is 14.3. The van der Waals surface area contributed by atoms with Crippen molar-refractivity contribution in [3.63, 3.8) is 0 Å². The molecule has 0 saturated carbocycles. The lowest BCUT2D eigenvalue weighted by Gasteiger charge is -2.06. The van der Waals surface area contributed by atoms with Crippen molar-refractivity contribution >= 4 is 34.4 Å². The molecular formula is C12H6Cl2F2N4. The summed E-state index contributed by atoms with van der Waals surface area (Å²) in [5.74, 6) is -1.28. The van der Waals surface area contributed by atoms with Gasteiger partial charge in [0.25, 0.3) is 0 Å². The maximum Gasteiger partial charge on any atom is 0.225 e. The first-order valence-electron chi connectivity index (χ1n) is 5.53. The van der Waals surface area contributed by atoms with Gasteiger partial charge in [-0.3, -0.25) is 0 Å². The standard InChI is InChI=1S/C12H6Cl2F2N4/c13-10-9-11(19-12(14)18-10)20(5-17-9)4-6-7(15)2-1-3-8(6)16/h1-3,5H,4H2. The van der Waals surface area contributed by atoms with Crippen LogP contribution in [0.5, 0.6) is 0 Å². The lowest BCUT2D eigenvalue weighted by atomic mass is 10.2. The highest BCUT2D eigenvalue weighted by molar-refractivity contribution is 6.35. The SMILES string of the molecule is Fc1cccc(F)c1Cn1cnc2c(Cl)nc(Cl)nc21. The van der Waals surface area contributed by atoms with Crippen LogP contribution in [0.2, 0.25) is 10.4 Å². The quantitative estimate of drug-likeness (QED) is 0.537. The highest BCUT2D eigenvalue weighted by Crippen LogP contribution is 2.22. The molecule has 0 fully saturated rings. The molecule has 3 aromatic rings. The van der Waals surface area contributed by atoms with Gasteiger partial charge in [-0.05, 0) is 23.7 Å². The van der Waals surface area contributed by atoms with E-state index in [2.05, 4.69) is 15.0 Å². The van der Waals surface area contributed by atoms with Gasteiger partial charge < -0.3 is 4.57 Å². The first-order chi connectivity index (χ1) is 9.56. The predicted octanol–water partition coefficient (Wildman–Crippen LogP) is 3.46. The Morgan fingerprint density at radius 1 is 1.10 bits per heavy atom. The van der Waals surface area contributed by atoms with Gasteiger partial charge >= 0.3 is 0 Å². The maximum atomic E-state index is 13.6. The molecule has 3 rings (SSSR count). The third-order valence-corrected chi connectivity index (χ3v) is 3.22. The van der Waals surface area contributed by atoms with Gasteiger partial charge in [0, 0.05) is 5.56 Å². The van der Waals surface area contributed by atoms with Gasteiger partial charge in [-0.15, -0.1) is 0 Å². The minimum Gasteiger partial charge on any atom is -0.310 e. The maximum absolute atomic E-state index is 13.6. The zero-order valence-corrected chi connectivity index (χ0v) is 11.3. The number of nitrogens with zero attached hydrogens (tertiary/aromatic N) is 4. The Labute approximate surface area is 122 Å². The van der Waals surface area contributed by atoms with Gasteiger partial charge in [0.1, 0.15) is 17.2 Å². The van der Waals surface area contributed by atoms with E-state index < -0.39 is 11.6 Å². The minimum atomic E-state index is -0.641. The van der Waals surface area contributed by atoms with E-state index in [0.29, 0.717) is 11.2 Å². The molecular weight excluding hydrogens is 309 g/mol. The molecule has 2 aromatic heterocycles. The number of rotatable bonds is 2. The Bertz CT molecular complexity index is 783. The predicted molar refractivity (Wildman–Crippen MR) is 70.8 cm³/mol. The largest absolute Gasteiger partial charge is 0.310 e. The van der Waals surface area contributed by atoms with E-state index in [1.165, 1.54) is 29.1 Å². The first-order valence-corrected chi connectivity index (χ1v) is 6.28. The fourth-order valence-electron chi connectivity index (χ4n) is 1.85. The van der Waals surface area contributed by atoms with E-state index in [-0.39, 0.29) is 22.5 Å². The van der Waals surface area contributed by atoms with Gasteiger partial charge in [-0.1, -0.05) is 17.7 Å². The molecule has 4 nitrogen and oxygen atoms in total. The molecule has 0 saturated heterocycles. The zero-order valence-electron chi connectivity index (χ0n) is 9.82. The van der Waals surface area contributed by atoms with Crippen LogP contribution in [0.1, 0.15) is 5.56 Å². The molecule has 0 aliphatic heterocycles. The van der Waals surface area contributed by atoms with Crippen LogP contribution in [0.3, 0.4) is 0 Å². The molecule has 2 heterocycles. The van der Waals surface area contributed by atoms with Crippen LogP contribution < -0.4 is 0 Å². The second-order valence-corrected chi connectivity index (χ2v) is 4.72. The average Bonchev–Trinajstić information content (AvgIpc) is 2.77. The summed E-state index contributed by atoms with van der Waals surface area (Å²) >= 11 is 11.6. The average molecular weight is 315 g/mol. The van der Waals surface area contributed by atoms with Crippen LogP contribution in [0.25, 0.3) is 11.2 Å². The fraction of sp³-hybridized carbons (Fsp3) is 0.0833. The van der Waals surface area contributed by atoms with Crippen LogP contribution in [0.4, 0.5) is 8.78 Å². The molecule has 0 radical (unpaired) electrons. The Hall–Kier alpha value is -1.79. The van der Waals surface area contributed by atoms with E-state index in [4.69, 9.17) is 23.2 Å². The van der Waals surface area contributed by atoms with Crippen molar-refractivity contribution in [2.24, 2.45) is 0 Å². The molecule has 0 atom stereocenters. The molecule has 0 bridgehead atoms. The fourth-order valence-corrected chi connectivity index (χ4v) is 2.28. The summed E-state index contributed by atoms with van der Waals surface area (Å²) in [7, 11) is 0. The summed E-state index contributed by atoms with van der Waals surface area (Å²) < 4.78 is 28.7. The second-order valence-electron chi connectivity index (χ2n) is 4.03. The van der Waals surface area contributed by atoms with Crippen LogP contribution in [0, 0.1) is 11.6 Å². The Morgan fingerprint density at radius 2 is 1.80 bits per heavy atom. The van der Waals surface area contributed by atoms with E-state index in [1.54, 1.807) is 0 Å². The van der Waals surface area contributed by atoms with Crippen molar-refractivity contribution in [2.75, 3.05) is 0 Å². The highest BCUT2D eigenvalue weighted by Gasteiger charge is 2.14. The third kappa shape index (κ3) is 2.21. The molecule has 0 aliphatic carbocycles. The molecule has 0 amide bonds. The van der Waals surface area contributed by atoms with Crippen molar-refractivity contribution in [3.05, 3.63) is 52.2 Å². The second kappa shape index (κ2) is 4.96. The molecule has 0 unspecified atom stereocenters. The van der Waals surface area contributed by atoms with E-state index in [0.717, 1.165) is 0 Å². The van der Waals surface area contributed by atoms with E-state index >= 15 is 0 Å². The smallest absolute Gasteiger partial charge is 0.225 e. The number of imidazole rings is 1. The molecule has 8 heteroatoms. The normalized spacial score (nSPS) is 11.2. The summed E-state index contributed by atoms with van der Waals surface area (Å²) in [6.07, 6.45) is 1.38. The van der Waals surface area contributed by atoms with Crippen LogP contribution in [-0.4, -0.2) is 19.5 Å². The first kappa shape index (κ1) is 13.2. The van der Waals surface area contributed by atoms with Gasteiger partial charge in [0.15, 0.2) is 10.8 Å². The highest BCUT2D eigenvalue weighted by atomic mass is 35.5. The Kier molecular flexibility index (Phi) is 3.27. The van der Waals surface area contributed by atoms with Gasteiger partial charge in [-0.25, -0.2) is 18.7 Å². The van der Waals surface area contributed by atoms with Gasteiger partial charge in [0.05, 0.1) is 12.9 Å². The molecule has 0 N–H and O–H groups in total. The summed E-state index contributed by atoms with van der Waals surface area (Å²) in [6.45, 7) is -0.0708. The van der Waals surface area contributed by atoms with Crippen molar-refractivity contribution < 1.29 is 8.78 Å².